The van der Waals surface area contributed by atoms with Gasteiger partial charge in [0.25, 0.3) is 0 Å². The van der Waals surface area contributed by atoms with Gasteiger partial charge < -0.3 is 20.1 Å². The van der Waals surface area contributed by atoms with Crippen LogP contribution in [-0.4, -0.2) is 20.3 Å². The van der Waals surface area contributed by atoms with Gasteiger partial charge in [-0.15, -0.1) is 0 Å². The Bertz CT molecular complexity index is 738. The van der Waals surface area contributed by atoms with Crippen molar-refractivity contribution in [3.63, 3.8) is 0 Å². The maximum absolute atomic E-state index is 12.3. The number of carbonyl (C=O) groups excluding carboxylic acids is 1. The second kappa shape index (κ2) is 8.39. The average Bonchev–Trinajstić information content (AvgIpc) is 2.56. The minimum Gasteiger partial charge on any atom is -0.493 e. The van der Waals surface area contributed by atoms with Gasteiger partial charge in [0, 0.05) is 21.1 Å². The Balaban J connectivity index is 2.11. The van der Waals surface area contributed by atoms with Crippen LogP contribution in [0, 0.1) is 0 Å². The van der Waals surface area contributed by atoms with Gasteiger partial charge in [0.05, 0.1) is 25.9 Å². The van der Waals surface area contributed by atoms with Crippen molar-refractivity contribution in [2.75, 3.05) is 19.5 Å². The predicted molar refractivity (Wildman–Crippen MR) is 102 cm³/mol. The number of halogens is 2. The molecule has 24 heavy (non-hydrogen) atoms. The van der Waals surface area contributed by atoms with Crippen LogP contribution in [0.3, 0.4) is 0 Å². The number of hydrogen-bond donors (Lipinski definition) is 2. The van der Waals surface area contributed by atoms with Crippen LogP contribution < -0.4 is 20.1 Å². The standard InChI is InChI=1S/C17H18Br2N2O3/c1-10(11-6-4-5-7-12(11)18)20-17(22)21-14-9-16(24-3)15(23-2)8-13(14)19/h4-10H,1-3H3,(H2,20,21,22). The van der Waals surface area contributed by atoms with Crippen molar-refractivity contribution in [2.24, 2.45) is 0 Å². The molecule has 0 aliphatic heterocycles. The molecule has 0 spiro atoms. The number of benzene rings is 2. The number of anilines is 1. The molecule has 0 aliphatic carbocycles. The number of ether oxygens (including phenoxy) is 2. The molecule has 0 radical (unpaired) electrons. The number of carbonyl (C=O) groups is 1. The van der Waals surface area contributed by atoms with Gasteiger partial charge in [-0.1, -0.05) is 34.1 Å². The molecule has 7 heteroatoms. The van der Waals surface area contributed by atoms with Crippen molar-refractivity contribution in [1.29, 1.82) is 0 Å². The summed E-state index contributed by atoms with van der Waals surface area (Å²) in [6.07, 6.45) is 0. The molecule has 0 saturated carbocycles. The third kappa shape index (κ3) is 4.42. The maximum Gasteiger partial charge on any atom is 0.319 e. The van der Waals surface area contributed by atoms with Crippen LogP contribution in [0.4, 0.5) is 10.5 Å². The summed E-state index contributed by atoms with van der Waals surface area (Å²) in [4.78, 5) is 12.3. The Kier molecular flexibility index (Phi) is 6.51. The van der Waals surface area contributed by atoms with Crippen molar-refractivity contribution in [1.82, 2.24) is 5.32 Å². The average molecular weight is 458 g/mol. The fourth-order valence-corrected chi connectivity index (χ4v) is 3.26. The van der Waals surface area contributed by atoms with Crippen molar-refractivity contribution in [3.8, 4) is 11.5 Å². The Hall–Kier alpha value is -1.73. The highest BCUT2D eigenvalue weighted by Gasteiger charge is 2.15. The van der Waals surface area contributed by atoms with Gasteiger partial charge in [0.15, 0.2) is 11.5 Å². The third-order valence-corrected chi connectivity index (χ3v) is 4.82. The molecule has 0 saturated heterocycles. The fraction of sp³-hybridized carbons (Fsp3) is 0.235. The minimum atomic E-state index is -0.314. The summed E-state index contributed by atoms with van der Waals surface area (Å²) in [6, 6.07) is 10.7. The normalized spacial score (nSPS) is 11.5. The summed E-state index contributed by atoms with van der Waals surface area (Å²) < 4.78 is 12.1. The Morgan fingerprint density at radius 2 is 1.67 bits per heavy atom. The smallest absolute Gasteiger partial charge is 0.319 e. The van der Waals surface area contributed by atoms with E-state index in [0.717, 1.165) is 10.0 Å². The molecular formula is C17H18Br2N2O3. The lowest BCUT2D eigenvalue weighted by Crippen LogP contribution is -2.31. The minimum absolute atomic E-state index is 0.153. The van der Waals surface area contributed by atoms with E-state index in [0.29, 0.717) is 21.7 Å². The third-order valence-electron chi connectivity index (χ3n) is 3.44. The molecule has 1 atom stereocenters. The van der Waals surface area contributed by atoms with Crippen LogP contribution in [0.1, 0.15) is 18.5 Å². The van der Waals surface area contributed by atoms with E-state index in [9.17, 15) is 4.79 Å². The van der Waals surface area contributed by atoms with Crippen molar-refractivity contribution >= 4 is 43.6 Å². The van der Waals surface area contributed by atoms with Crippen LogP contribution in [0.2, 0.25) is 0 Å². The molecule has 2 rings (SSSR count). The Labute approximate surface area is 158 Å². The van der Waals surface area contributed by atoms with Crippen molar-refractivity contribution in [3.05, 3.63) is 50.9 Å². The molecule has 1 unspecified atom stereocenters. The quantitative estimate of drug-likeness (QED) is 0.655. The number of hydrogen-bond acceptors (Lipinski definition) is 3. The van der Waals surface area contributed by atoms with E-state index >= 15 is 0 Å². The van der Waals surface area contributed by atoms with Gasteiger partial charge in [-0.05, 0) is 34.5 Å². The first kappa shape index (κ1) is 18.6. The zero-order chi connectivity index (χ0) is 17.7. The lowest BCUT2D eigenvalue weighted by molar-refractivity contribution is 0.249. The first-order valence-electron chi connectivity index (χ1n) is 7.19. The SMILES string of the molecule is COc1cc(Br)c(NC(=O)NC(C)c2ccccc2Br)cc1OC. The highest BCUT2D eigenvalue weighted by molar-refractivity contribution is 9.10. The summed E-state index contributed by atoms with van der Waals surface area (Å²) in [5.74, 6) is 1.12. The second-order valence-electron chi connectivity index (χ2n) is 5.03. The van der Waals surface area contributed by atoms with Crippen LogP contribution in [0.15, 0.2) is 45.3 Å². The Morgan fingerprint density at radius 1 is 1.04 bits per heavy atom. The van der Waals surface area contributed by atoms with Crippen LogP contribution in [0.25, 0.3) is 0 Å². The number of amides is 2. The van der Waals surface area contributed by atoms with E-state index in [2.05, 4.69) is 42.5 Å². The van der Waals surface area contributed by atoms with E-state index in [1.807, 2.05) is 31.2 Å². The summed E-state index contributed by atoms with van der Waals surface area (Å²) in [7, 11) is 3.11. The fourth-order valence-electron chi connectivity index (χ4n) is 2.21. The molecule has 0 heterocycles. The van der Waals surface area contributed by atoms with E-state index < -0.39 is 0 Å². The molecule has 2 amide bonds. The molecule has 0 aromatic heterocycles. The van der Waals surface area contributed by atoms with Crippen LogP contribution >= 0.6 is 31.9 Å². The van der Waals surface area contributed by atoms with Gasteiger partial charge in [0.2, 0.25) is 0 Å². The number of methoxy groups -OCH3 is 2. The topological polar surface area (TPSA) is 59.6 Å². The van der Waals surface area contributed by atoms with E-state index in [-0.39, 0.29) is 12.1 Å². The highest BCUT2D eigenvalue weighted by Crippen LogP contribution is 2.36. The first-order valence-corrected chi connectivity index (χ1v) is 8.78. The molecule has 5 nitrogen and oxygen atoms in total. The molecule has 2 aromatic carbocycles. The lowest BCUT2D eigenvalue weighted by Gasteiger charge is -2.17. The predicted octanol–water partition coefficient (Wildman–Crippen LogP) is 5.11. The zero-order valence-corrected chi connectivity index (χ0v) is 16.7. The van der Waals surface area contributed by atoms with E-state index in [1.54, 1.807) is 26.4 Å². The molecule has 128 valence electrons. The summed E-state index contributed by atoms with van der Waals surface area (Å²) in [5, 5.41) is 5.71. The van der Waals surface area contributed by atoms with Gasteiger partial charge in [-0.3, -0.25) is 0 Å². The molecule has 2 N–H and O–H groups in total. The molecule has 0 fully saturated rings. The molecular weight excluding hydrogens is 440 g/mol. The van der Waals surface area contributed by atoms with Crippen LogP contribution in [-0.2, 0) is 0 Å². The summed E-state index contributed by atoms with van der Waals surface area (Å²) in [6.45, 7) is 1.92. The first-order chi connectivity index (χ1) is 11.5. The maximum atomic E-state index is 12.3. The van der Waals surface area contributed by atoms with Gasteiger partial charge >= 0.3 is 6.03 Å². The van der Waals surface area contributed by atoms with Gasteiger partial charge in [-0.25, -0.2) is 4.79 Å². The Morgan fingerprint density at radius 3 is 2.29 bits per heavy atom. The monoisotopic (exact) mass is 456 g/mol. The van der Waals surface area contributed by atoms with Crippen molar-refractivity contribution in [2.45, 2.75) is 13.0 Å². The molecule has 0 aliphatic rings. The summed E-state index contributed by atoms with van der Waals surface area (Å²) >= 11 is 6.91. The lowest BCUT2D eigenvalue weighted by atomic mass is 10.1. The van der Waals surface area contributed by atoms with Crippen LogP contribution in [0.5, 0.6) is 11.5 Å². The largest absolute Gasteiger partial charge is 0.493 e. The molecule has 2 aromatic rings. The zero-order valence-electron chi connectivity index (χ0n) is 13.5. The molecule has 0 bridgehead atoms. The van der Waals surface area contributed by atoms with E-state index in [4.69, 9.17) is 9.47 Å². The number of urea groups is 1. The van der Waals surface area contributed by atoms with Gasteiger partial charge in [-0.2, -0.15) is 0 Å². The number of rotatable bonds is 5. The van der Waals surface area contributed by atoms with E-state index in [1.165, 1.54) is 0 Å². The van der Waals surface area contributed by atoms with Gasteiger partial charge in [0.1, 0.15) is 0 Å². The highest BCUT2D eigenvalue weighted by atomic mass is 79.9. The van der Waals surface area contributed by atoms with Crippen molar-refractivity contribution < 1.29 is 14.3 Å². The second-order valence-corrected chi connectivity index (χ2v) is 6.74. The summed E-state index contributed by atoms with van der Waals surface area (Å²) in [5.41, 5.74) is 1.59. The number of nitrogens with one attached hydrogen (secondary N) is 2.